The Bertz CT molecular complexity index is 856. The highest BCUT2D eigenvalue weighted by atomic mass is 35.5. The van der Waals surface area contributed by atoms with Gasteiger partial charge < -0.3 is 9.47 Å². The van der Waals surface area contributed by atoms with Crippen molar-refractivity contribution in [2.24, 2.45) is 0 Å². The minimum Gasteiger partial charge on any atom is -0.352 e. The molecule has 1 aliphatic rings. The summed E-state index contributed by atoms with van der Waals surface area (Å²) >= 11 is 6.34. The zero-order chi connectivity index (χ0) is 17.1. The average Bonchev–Trinajstić information content (AvgIpc) is 3.01. The van der Waals surface area contributed by atoms with Crippen molar-refractivity contribution in [3.8, 4) is 0 Å². The van der Waals surface area contributed by atoms with Gasteiger partial charge in [-0.25, -0.2) is 9.13 Å². The molecule has 2 aromatic carbocycles. The molecule has 2 heterocycles. The van der Waals surface area contributed by atoms with Crippen LogP contribution in [0.1, 0.15) is 18.4 Å². The number of halogens is 1. The van der Waals surface area contributed by atoms with Crippen molar-refractivity contribution >= 4 is 22.6 Å². The van der Waals surface area contributed by atoms with Crippen LogP contribution < -0.4 is 4.57 Å². The van der Waals surface area contributed by atoms with Gasteiger partial charge >= 0.3 is 0 Å². The fourth-order valence-electron chi connectivity index (χ4n) is 3.30. The number of hydrogen-bond acceptors (Lipinski definition) is 2. The molecule has 4 nitrogen and oxygen atoms in total. The number of aryl methyl sites for hydroxylation is 1. The molecule has 0 saturated carbocycles. The van der Waals surface area contributed by atoms with Crippen molar-refractivity contribution in [3.05, 3.63) is 65.4 Å². The fraction of sp³-hybridized carbons (Fsp3) is 0.350. The molecule has 1 fully saturated rings. The van der Waals surface area contributed by atoms with Gasteiger partial charge in [0.2, 0.25) is 6.33 Å². The van der Waals surface area contributed by atoms with Crippen molar-refractivity contribution in [2.45, 2.75) is 32.2 Å². The molecule has 25 heavy (non-hydrogen) atoms. The maximum absolute atomic E-state index is 6.34. The molecule has 0 amide bonds. The molecule has 0 spiro atoms. The predicted molar refractivity (Wildman–Crippen MR) is 97.6 cm³/mol. The molecule has 130 valence electrons. The number of para-hydroxylation sites is 2. The van der Waals surface area contributed by atoms with Crippen LogP contribution in [0.25, 0.3) is 11.0 Å². The Kier molecular flexibility index (Phi) is 5.02. The lowest BCUT2D eigenvalue weighted by Gasteiger charge is -2.22. The Balaban J connectivity index is 1.58. The maximum atomic E-state index is 6.34. The van der Waals surface area contributed by atoms with Gasteiger partial charge in [0.1, 0.15) is 6.54 Å². The van der Waals surface area contributed by atoms with Gasteiger partial charge in [-0.3, -0.25) is 0 Å². The van der Waals surface area contributed by atoms with Crippen LogP contribution in [0, 0.1) is 0 Å². The summed E-state index contributed by atoms with van der Waals surface area (Å²) in [5.74, 6) is 0. The van der Waals surface area contributed by atoms with Crippen LogP contribution in [0.2, 0.25) is 5.02 Å². The van der Waals surface area contributed by atoms with E-state index in [0.29, 0.717) is 0 Å². The van der Waals surface area contributed by atoms with Gasteiger partial charge in [-0.1, -0.05) is 41.9 Å². The van der Waals surface area contributed by atoms with Gasteiger partial charge in [0.25, 0.3) is 0 Å². The van der Waals surface area contributed by atoms with Gasteiger partial charge in [-0.05, 0) is 24.6 Å². The first-order valence-electron chi connectivity index (χ1n) is 8.75. The topological polar surface area (TPSA) is 27.3 Å². The molecule has 0 N–H and O–H groups in total. The lowest BCUT2D eigenvalue weighted by atomic mass is 10.2. The van der Waals surface area contributed by atoms with E-state index in [1.165, 1.54) is 11.0 Å². The molecule has 0 atom stereocenters. The second-order valence-electron chi connectivity index (χ2n) is 6.33. The number of hydrogen-bond donors (Lipinski definition) is 0. The minimum atomic E-state index is -0.0908. The summed E-state index contributed by atoms with van der Waals surface area (Å²) in [5.41, 5.74) is 3.54. The van der Waals surface area contributed by atoms with E-state index in [1.54, 1.807) is 0 Å². The van der Waals surface area contributed by atoms with E-state index in [1.807, 2.05) is 18.2 Å². The Morgan fingerprint density at radius 2 is 1.80 bits per heavy atom. The summed E-state index contributed by atoms with van der Waals surface area (Å²) < 4.78 is 15.9. The molecule has 0 bridgehead atoms. The van der Waals surface area contributed by atoms with Gasteiger partial charge in [0, 0.05) is 17.0 Å². The van der Waals surface area contributed by atoms with E-state index < -0.39 is 0 Å². The molecule has 1 saturated heterocycles. The van der Waals surface area contributed by atoms with Crippen LogP contribution in [-0.2, 0) is 22.6 Å². The first kappa shape index (κ1) is 16.6. The minimum absolute atomic E-state index is 0.0908. The highest BCUT2D eigenvalue weighted by Crippen LogP contribution is 2.18. The lowest BCUT2D eigenvalue weighted by molar-refractivity contribution is -0.663. The molecule has 0 unspecified atom stereocenters. The Morgan fingerprint density at radius 1 is 1.04 bits per heavy atom. The molecule has 1 aliphatic heterocycles. The van der Waals surface area contributed by atoms with Crippen LogP contribution in [0.5, 0.6) is 0 Å². The van der Waals surface area contributed by atoms with E-state index in [2.05, 4.69) is 45.8 Å². The monoisotopic (exact) mass is 357 g/mol. The quantitative estimate of drug-likeness (QED) is 0.650. The van der Waals surface area contributed by atoms with Gasteiger partial charge in [0.05, 0.1) is 19.8 Å². The van der Waals surface area contributed by atoms with E-state index >= 15 is 0 Å². The molecule has 3 aromatic rings. The Hall–Kier alpha value is -1.88. The summed E-state index contributed by atoms with van der Waals surface area (Å²) in [5, 5.41) is 0.802. The highest BCUT2D eigenvalue weighted by molar-refractivity contribution is 6.31. The summed E-state index contributed by atoms with van der Waals surface area (Å²) in [6, 6.07) is 16.5. The smallest absolute Gasteiger partial charge is 0.245 e. The number of rotatable bonds is 5. The predicted octanol–water partition coefficient (Wildman–Crippen LogP) is 3.78. The summed E-state index contributed by atoms with van der Waals surface area (Å²) in [7, 11) is 0. The van der Waals surface area contributed by atoms with Crippen LogP contribution in [-0.4, -0.2) is 24.1 Å². The largest absolute Gasteiger partial charge is 0.352 e. The zero-order valence-electron chi connectivity index (χ0n) is 14.1. The van der Waals surface area contributed by atoms with Gasteiger partial charge in [-0.15, -0.1) is 0 Å². The normalized spacial score (nSPS) is 15.7. The maximum Gasteiger partial charge on any atom is 0.245 e. The van der Waals surface area contributed by atoms with Crippen molar-refractivity contribution in [1.29, 1.82) is 0 Å². The Morgan fingerprint density at radius 3 is 2.64 bits per heavy atom. The van der Waals surface area contributed by atoms with Crippen LogP contribution in [0.15, 0.2) is 54.9 Å². The fourth-order valence-corrected chi connectivity index (χ4v) is 3.50. The number of fused-ring (bicyclic) bond motifs is 1. The Labute approximate surface area is 152 Å². The number of benzene rings is 2. The third-order valence-corrected chi connectivity index (χ3v) is 4.95. The molecule has 5 heteroatoms. The van der Waals surface area contributed by atoms with Gasteiger partial charge in [0.15, 0.2) is 17.3 Å². The van der Waals surface area contributed by atoms with Crippen LogP contribution in [0.4, 0.5) is 0 Å². The first-order valence-corrected chi connectivity index (χ1v) is 9.13. The summed E-state index contributed by atoms with van der Waals surface area (Å²) in [6.45, 7) is 3.21. The van der Waals surface area contributed by atoms with Crippen molar-refractivity contribution in [2.75, 3.05) is 13.2 Å². The molecule has 0 radical (unpaired) electrons. The van der Waals surface area contributed by atoms with Gasteiger partial charge in [-0.2, -0.15) is 0 Å². The molecule has 1 aromatic heterocycles. The number of ether oxygens (including phenoxy) is 2. The van der Waals surface area contributed by atoms with Crippen molar-refractivity contribution < 1.29 is 14.0 Å². The second-order valence-corrected chi connectivity index (χ2v) is 6.74. The molecular weight excluding hydrogens is 336 g/mol. The zero-order valence-corrected chi connectivity index (χ0v) is 14.9. The summed E-state index contributed by atoms with van der Waals surface area (Å²) in [6.07, 6.45) is 3.91. The molecule has 4 rings (SSSR count). The third-order valence-electron chi connectivity index (χ3n) is 4.58. The highest BCUT2D eigenvalue weighted by Gasteiger charge is 2.19. The van der Waals surface area contributed by atoms with E-state index in [9.17, 15) is 0 Å². The second kappa shape index (κ2) is 7.56. The number of imidazole rings is 1. The van der Waals surface area contributed by atoms with Crippen molar-refractivity contribution in [1.82, 2.24) is 4.57 Å². The van der Waals surface area contributed by atoms with Crippen LogP contribution >= 0.6 is 11.6 Å². The van der Waals surface area contributed by atoms with Crippen molar-refractivity contribution in [3.63, 3.8) is 0 Å². The number of nitrogens with zero attached hydrogens (tertiary/aromatic N) is 2. The van der Waals surface area contributed by atoms with Crippen LogP contribution in [0.3, 0.4) is 0 Å². The molecular formula is C20H22ClN2O2+. The lowest BCUT2D eigenvalue weighted by Crippen LogP contribution is -2.33. The molecule has 0 aliphatic carbocycles. The van der Waals surface area contributed by atoms with E-state index in [0.717, 1.165) is 49.7 Å². The van der Waals surface area contributed by atoms with E-state index in [4.69, 9.17) is 21.1 Å². The standard InChI is InChI=1S/C20H22ClN2O2/c21-17-7-2-1-6-16(17)14-23-15-22(18-8-3-4-9-19(18)23)11-10-20-24-12-5-13-25-20/h1-4,6-9,15,20H,5,10-14H2/q+1. The number of aromatic nitrogens is 2. The first-order chi connectivity index (χ1) is 12.3. The summed E-state index contributed by atoms with van der Waals surface area (Å²) in [4.78, 5) is 0. The van der Waals surface area contributed by atoms with E-state index in [-0.39, 0.29) is 6.29 Å². The average molecular weight is 358 g/mol. The SMILES string of the molecule is Clc1ccccc1C[n+]1cn(CCC2OCCCO2)c2ccccc21. The third kappa shape index (κ3) is 3.71.